The monoisotopic (exact) mass is 330 g/mol. The Morgan fingerprint density at radius 1 is 1.24 bits per heavy atom. The van der Waals surface area contributed by atoms with E-state index in [9.17, 15) is 12.8 Å². The smallest absolute Gasteiger partial charge is 0.243 e. The molecule has 1 aromatic carbocycles. The molecule has 4 nitrogen and oxygen atoms in total. The third-order valence-electron chi connectivity index (χ3n) is 5.35. The highest BCUT2D eigenvalue weighted by molar-refractivity contribution is 7.89. The summed E-state index contributed by atoms with van der Waals surface area (Å²) in [7, 11) is -3.92. The summed E-state index contributed by atoms with van der Waals surface area (Å²) in [5.74, 6) is 1.24. The fourth-order valence-corrected chi connectivity index (χ4v) is 6.23. The largest absolute Gasteiger partial charge is 0.396 e. The second-order valence-electron chi connectivity index (χ2n) is 6.44. The molecular weight excluding hydrogens is 315 g/mol. The van der Waals surface area contributed by atoms with Gasteiger partial charge in [-0.2, -0.15) is 0 Å². The van der Waals surface area contributed by atoms with Gasteiger partial charge in [0.1, 0.15) is 4.90 Å². The van der Waals surface area contributed by atoms with Crippen molar-refractivity contribution in [3.63, 3.8) is 0 Å². The molecule has 114 valence electrons. The average Bonchev–Trinajstić information content (AvgIpc) is 2.82. The van der Waals surface area contributed by atoms with Crippen LogP contribution in [0, 0.1) is 29.5 Å². The normalized spacial score (nSPS) is 36.8. The van der Waals surface area contributed by atoms with Crippen LogP contribution in [0.3, 0.4) is 0 Å². The third-order valence-corrected chi connectivity index (χ3v) is 7.02. The van der Waals surface area contributed by atoms with Crippen molar-refractivity contribution in [2.75, 3.05) is 5.73 Å². The molecule has 1 aromatic rings. The summed E-state index contributed by atoms with van der Waals surface area (Å²) in [4.78, 5) is -0.454. The number of hydrogen-bond donors (Lipinski definition) is 2. The standard InChI is InChI=1S/C14H16ClFN2O2S/c15-8-4-9(17)13(16)10(5-8)21(19,20)18-14-11-6-1-2-7(3-6)12(11)14/h4-7,11-12,14,18H,1-3,17H2. The van der Waals surface area contributed by atoms with Gasteiger partial charge in [0.2, 0.25) is 10.0 Å². The molecule has 0 aromatic heterocycles. The van der Waals surface area contributed by atoms with E-state index in [1.165, 1.54) is 25.3 Å². The van der Waals surface area contributed by atoms with E-state index in [4.69, 9.17) is 17.3 Å². The molecule has 21 heavy (non-hydrogen) atoms. The zero-order valence-corrected chi connectivity index (χ0v) is 12.8. The first-order chi connectivity index (χ1) is 9.88. The van der Waals surface area contributed by atoms with Crippen LogP contribution in [0.25, 0.3) is 0 Å². The van der Waals surface area contributed by atoms with Crippen molar-refractivity contribution in [2.24, 2.45) is 23.7 Å². The number of nitrogens with two attached hydrogens (primary N) is 1. The maximum atomic E-state index is 14.0. The van der Waals surface area contributed by atoms with Gasteiger partial charge in [-0.1, -0.05) is 11.6 Å². The van der Waals surface area contributed by atoms with Crippen LogP contribution in [0.5, 0.6) is 0 Å². The molecule has 3 aliphatic rings. The lowest BCUT2D eigenvalue weighted by Crippen LogP contribution is -2.30. The molecule has 7 heteroatoms. The molecule has 4 atom stereocenters. The van der Waals surface area contributed by atoms with E-state index in [-0.39, 0.29) is 16.8 Å². The molecule has 4 unspecified atom stereocenters. The predicted octanol–water partition coefficient (Wildman–Crippen LogP) is 2.38. The van der Waals surface area contributed by atoms with E-state index in [1.54, 1.807) is 0 Å². The number of anilines is 1. The predicted molar refractivity (Wildman–Crippen MR) is 77.7 cm³/mol. The van der Waals surface area contributed by atoms with Gasteiger partial charge in [-0.05, 0) is 55.1 Å². The first-order valence-corrected chi connectivity index (χ1v) is 9.01. The van der Waals surface area contributed by atoms with Gasteiger partial charge in [0, 0.05) is 11.1 Å². The number of hydrogen-bond acceptors (Lipinski definition) is 3. The van der Waals surface area contributed by atoms with E-state index in [0.29, 0.717) is 23.7 Å². The van der Waals surface area contributed by atoms with E-state index < -0.39 is 20.7 Å². The lowest BCUT2D eigenvalue weighted by atomic mass is 10.0. The molecule has 0 amide bonds. The Bertz CT molecular complexity index is 708. The molecule has 3 saturated carbocycles. The van der Waals surface area contributed by atoms with Crippen LogP contribution in [0.15, 0.2) is 17.0 Å². The van der Waals surface area contributed by atoms with Crippen LogP contribution in [0.4, 0.5) is 10.1 Å². The van der Waals surface area contributed by atoms with E-state index in [1.807, 2.05) is 0 Å². The summed E-state index contributed by atoms with van der Waals surface area (Å²) in [5, 5.41) is 0.116. The first kappa shape index (κ1) is 13.8. The molecule has 2 bridgehead atoms. The molecule has 3 aliphatic carbocycles. The Kier molecular flexibility index (Phi) is 2.85. The molecule has 3 N–H and O–H groups in total. The maximum absolute atomic E-state index is 14.0. The maximum Gasteiger partial charge on any atom is 0.243 e. The van der Waals surface area contributed by atoms with E-state index >= 15 is 0 Å². The molecule has 0 saturated heterocycles. The van der Waals surface area contributed by atoms with Gasteiger partial charge in [-0.15, -0.1) is 0 Å². The van der Waals surface area contributed by atoms with E-state index in [2.05, 4.69) is 4.72 Å². The zero-order valence-electron chi connectivity index (χ0n) is 11.2. The van der Waals surface area contributed by atoms with Crippen LogP contribution in [0.1, 0.15) is 19.3 Å². The number of benzene rings is 1. The van der Waals surface area contributed by atoms with Crippen molar-refractivity contribution in [2.45, 2.75) is 30.2 Å². The summed E-state index contributed by atoms with van der Waals surface area (Å²) in [6, 6.07) is 2.28. The first-order valence-electron chi connectivity index (χ1n) is 7.15. The van der Waals surface area contributed by atoms with Crippen LogP contribution in [-0.2, 0) is 10.0 Å². The number of rotatable bonds is 3. The van der Waals surface area contributed by atoms with E-state index in [0.717, 1.165) is 6.07 Å². The highest BCUT2D eigenvalue weighted by Crippen LogP contribution is 2.65. The van der Waals surface area contributed by atoms with Crippen molar-refractivity contribution in [1.29, 1.82) is 0 Å². The zero-order chi connectivity index (χ0) is 14.9. The lowest BCUT2D eigenvalue weighted by molar-refractivity contribution is 0.456. The Labute approximate surface area is 127 Å². The van der Waals surface area contributed by atoms with Crippen molar-refractivity contribution in [1.82, 2.24) is 4.72 Å². The van der Waals surface area contributed by atoms with Gasteiger partial charge in [0.15, 0.2) is 5.82 Å². The number of fused-ring (bicyclic) bond motifs is 5. The summed E-state index contributed by atoms with van der Waals surface area (Å²) >= 11 is 5.79. The third kappa shape index (κ3) is 1.99. The fraction of sp³-hybridized carbons (Fsp3) is 0.571. The molecule has 0 spiro atoms. The van der Waals surface area contributed by atoms with Crippen molar-refractivity contribution in [3.05, 3.63) is 23.0 Å². The van der Waals surface area contributed by atoms with Gasteiger partial charge < -0.3 is 5.73 Å². The number of nitrogen functional groups attached to an aromatic ring is 1. The number of nitrogens with one attached hydrogen (secondary N) is 1. The minimum Gasteiger partial charge on any atom is -0.396 e. The Morgan fingerprint density at radius 2 is 1.86 bits per heavy atom. The molecule has 0 aliphatic heterocycles. The molecule has 4 rings (SSSR count). The molecule has 3 fully saturated rings. The Balaban J connectivity index is 1.61. The quantitative estimate of drug-likeness (QED) is 0.836. The van der Waals surface area contributed by atoms with Gasteiger partial charge in [-0.3, -0.25) is 0 Å². The summed E-state index contributed by atoms with van der Waals surface area (Å²) in [5.41, 5.74) is 5.21. The average molecular weight is 331 g/mol. The van der Waals surface area contributed by atoms with Gasteiger partial charge in [-0.25, -0.2) is 17.5 Å². The minimum atomic E-state index is -3.92. The number of halogens is 2. The number of sulfonamides is 1. The summed E-state index contributed by atoms with van der Waals surface area (Å²) in [6.45, 7) is 0. The summed E-state index contributed by atoms with van der Waals surface area (Å²) in [6.07, 6.45) is 3.62. The lowest BCUT2D eigenvalue weighted by Gasteiger charge is -2.12. The van der Waals surface area contributed by atoms with Crippen molar-refractivity contribution >= 4 is 27.3 Å². The SMILES string of the molecule is Nc1cc(Cl)cc(S(=O)(=O)NC2C3C4CCC(C4)C23)c1F. The highest BCUT2D eigenvalue weighted by atomic mass is 35.5. The Morgan fingerprint density at radius 3 is 2.48 bits per heavy atom. The van der Waals surface area contributed by atoms with Gasteiger partial charge in [0.05, 0.1) is 5.69 Å². The molecular formula is C14H16ClFN2O2S. The van der Waals surface area contributed by atoms with Crippen LogP contribution in [0.2, 0.25) is 5.02 Å². The van der Waals surface area contributed by atoms with Crippen LogP contribution in [-0.4, -0.2) is 14.5 Å². The van der Waals surface area contributed by atoms with Crippen molar-refractivity contribution in [3.8, 4) is 0 Å². The second-order valence-corrected chi connectivity index (χ2v) is 8.56. The van der Waals surface area contributed by atoms with Crippen LogP contribution < -0.4 is 10.5 Å². The topological polar surface area (TPSA) is 72.2 Å². The highest BCUT2D eigenvalue weighted by Gasteiger charge is 2.65. The van der Waals surface area contributed by atoms with Crippen LogP contribution >= 0.6 is 11.6 Å². The van der Waals surface area contributed by atoms with Gasteiger partial charge in [0.25, 0.3) is 0 Å². The second kappa shape index (κ2) is 4.33. The molecule has 0 heterocycles. The fourth-order valence-electron chi connectivity index (χ4n) is 4.51. The summed E-state index contributed by atoms with van der Waals surface area (Å²) < 4.78 is 41.5. The van der Waals surface area contributed by atoms with Gasteiger partial charge >= 0.3 is 0 Å². The Hall–Kier alpha value is -0.850. The molecule has 0 radical (unpaired) electrons. The minimum absolute atomic E-state index is 0.0409. The van der Waals surface area contributed by atoms with Crippen molar-refractivity contribution < 1.29 is 12.8 Å².